The molecule has 1 aromatic heterocycles. The average Bonchev–Trinajstić information content (AvgIpc) is 3.25. The van der Waals surface area contributed by atoms with Gasteiger partial charge in [-0.1, -0.05) is 6.07 Å². The van der Waals surface area contributed by atoms with Gasteiger partial charge < -0.3 is 24.3 Å². The summed E-state index contributed by atoms with van der Waals surface area (Å²) in [7, 11) is 1.49. The Morgan fingerprint density at radius 3 is 2.88 bits per heavy atom. The van der Waals surface area contributed by atoms with Crippen molar-refractivity contribution in [1.29, 1.82) is 0 Å². The van der Waals surface area contributed by atoms with Gasteiger partial charge in [0.05, 0.1) is 25.9 Å². The fraction of sp³-hybridized carbons (Fsp3) is 0.421. The highest BCUT2D eigenvalue weighted by Gasteiger charge is 2.36. The molecule has 6 heteroatoms. The summed E-state index contributed by atoms with van der Waals surface area (Å²) in [4.78, 5) is 12.6. The number of ether oxygens (including phenoxy) is 2. The number of benzene rings is 1. The minimum atomic E-state index is -0.286. The van der Waals surface area contributed by atoms with E-state index in [4.69, 9.17) is 13.9 Å². The third-order valence-electron chi connectivity index (χ3n) is 4.99. The van der Waals surface area contributed by atoms with E-state index in [2.05, 4.69) is 11.4 Å². The van der Waals surface area contributed by atoms with Gasteiger partial charge in [-0.15, -0.1) is 0 Å². The van der Waals surface area contributed by atoms with Gasteiger partial charge >= 0.3 is 0 Å². The third-order valence-corrected chi connectivity index (χ3v) is 4.99. The van der Waals surface area contributed by atoms with Gasteiger partial charge in [0.2, 0.25) is 0 Å². The van der Waals surface area contributed by atoms with Gasteiger partial charge in [-0.05, 0) is 48.1 Å². The molecule has 2 heterocycles. The quantitative estimate of drug-likeness (QED) is 0.872. The van der Waals surface area contributed by atoms with Gasteiger partial charge in [-0.25, -0.2) is 0 Å². The normalized spacial score (nSPS) is 22.5. The minimum Gasteiger partial charge on any atom is -0.493 e. The Morgan fingerprint density at radius 1 is 1.32 bits per heavy atom. The van der Waals surface area contributed by atoms with E-state index in [1.54, 1.807) is 12.1 Å². The van der Waals surface area contributed by atoms with Crippen LogP contribution in [0, 0.1) is 5.92 Å². The molecule has 6 nitrogen and oxygen atoms in total. The standard InChI is InChI=1S/C19H21NO5/c1-23-17-5-4-16(25-17)19(22)20-18(13-9-14(21)10-13)12-2-3-15-11(8-12)6-7-24-15/h2-5,8,13-14,18,21H,6-7,9-10H2,1H3,(H,20,22)/t13?,14?,18-/m0/s1. The highest BCUT2D eigenvalue weighted by atomic mass is 16.6. The van der Waals surface area contributed by atoms with Crippen molar-refractivity contribution in [1.82, 2.24) is 5.32 Å². The number of rotatable bonds is 5. The monoisotopic (exact) mass is 343 g/mol. The number of methoxy groups -OCH3 is 1. The topological polar surface area (TPSA) is 80.9 Å². The van der Waals surface area contributed by atoms with Crippen LogP contribution in [-0.2, 0) is 6.42 Å². The summed E-state index contributed by atoms with van der Waals surface area (Å²) in [5.74, 6) is 1.35. The summed E-state index contributed by atoms with van der Waals surface area (Å²) in [6, 6.07) is 9.09. The molecule has 0 unspecified atom stereocenters. The Labute approximate surface area is 145 Å². The molecule has 25 heavy (non-hydrogen) atoms. The molecule has 1 amide bonds. The minimum absolute atomic E-state index is 0.169. The number of aliphatic hydroxyl groups is 1. The Kier molecular flexibility index (Phi) is 4.13. The maximum Gasteiger partial charge on any atom is 0.287 e. The van der Waals surface area contributed by atoms with Crippen LogP contribution < -0.4 is 14.8 Å². The van der Waals surface area contributed by atoms with E-state index in [9.17, 15) is 9.90 Å². The number of carbonyl (C=O) groups is 1. The van der Waals surface area contributed by atoms with Crippen LogP contribution in [0.25, 0.3) is 0 Å². The lowest BCUT2D eigenvalue weighted by atomic mass is 9.75. The summed E-state index contributed by atoms with van der Waals surface area (Å²) in [5.41, 5.74) is 2.20. The Morgan fingerprint density at radius 2 is 2.16 bits per heavy atom. The van der Waals surface area contributed by atoms with Crippen LogP contribution in [0.1, 0.15) is 40.6 Å². The number of hydrogen-bond acceptors (Lipinski definition) is 5. The first-order valence-electron chi connectivity index (χ1n) is 8.52. The largest absolute Gasteiger partial charge is 0.493 e. The number of hydrogen-bond donors (Lipinski definition) is 2. The van der Waals surface area contributed by atoms with Gasteiger partial charge in [0.1, 0.15) is 5.75 Å². The molecule has 0 radical (unpaired) electrons. The predicted molar refractivity (Wildman–Crippen MR) is 89.8 cm³/mol. The molecular formula is C19H21NO5. The molecule has 1 saturated carbocycles. The van der Waals surface area contributed by atoms with Gasteiger partial charge in [0.25, 0.3) is 11.9 Å². The van der Waals surface area contributed by atoms with E-state index in [-0.39, 0.29) is 29.7 Å². The number of furan rings is 1. The fourth-order valence-corrected chi connectivity index (χ4v) is 3.54. The second-order valence-corrected chi connectivity index (χ2v) is 6.62. The van der Waals surface area contributed by atoms with Crippen LogP contribution >= 0.6 is 0 Å². The Bertz CT molecular complexity index is 778. The smallest absolute Gasteiger partial charge is 0.287 e. The van der Waals surface area contributed by atoms with Crippen molar-refractivity contribution in [2.24, 2.45) is 5.92 Å². The molecule has 0 bridgehead atoms. The van der Waals surface area contributed by atoms with Crippen LogP contribution in [0.15, 0.2) is 34.7 Å². The van der Waals surface area contributed by atoms with Crippen LogP contribution in [0.4, 0.5) is 0 Å². The third kappa shape index (κ3) is 3.09. The van der Waals surface area contributed by atoms with Crippen molar-refractivity contribution in [3.05, 3.63) is 47.2 Å². The predicted octanol–water partition coefficient (Wildman–Crippen LogP) is 2.47. The van der Waals surface area contributed by atoms with Gasteiger partial charge in [0, 0.05) is 12.5 Å². The first-order chi connectivity index (χ1) is 12.1. The lowest BCUT2D eigenvalue weighted by molar-refractivity contribution is 0.0232. The lowest BCUT2D eigenvalue weighted by Gasteiger charge is -2.38. The van der Waals surface area contributed by atoms with E-state index >= 15 is 0 Å². The lowest BCUT2D eigenvalue weighted by Crippen LogP contribution is -2.41. The number of carbonyl (C=O) groups excluding carboxylic acids is 1. The van der Waals surface area contributed by atoms with Crippen molar-refractivity contribution < 1.29 is 23.8 Å². The molecule has 1 atom stereocenters. The van der Waals surface area contributed by atoms with E-state index in [1.165, 1.54) is 7.11 Å². The summed E-state index contributed by atoms with van der Waals surface area (Å²) < 4.78 is 15.9. The zero-order valence-electron chi connectivity index (χ0n) is 14.0. The van der Waals surface area contributed by atoms with Gasteiger partial charge in [-0.3, -0.25) is 4.79 Å². The highest BCUT2D eigenvalue weighted by Crippen LogP contribution is 2.40. The maximum atomic E-state index is 12.6. The van der Waals surface area contributed by atoms with Gasteiger partial charge in [-0.2, -0.15) is 0 Å². The van der Waals surface area contributed by atoms with Crippen molar-refractivity contribution in [3.63, 3.8) is 0 Å². The molecule has 4 rings (SSSR count). The van der Waals surface area contributed by atoms with Crippen LogP contribution in [0.5, 0.6) is 11.7 Å². The summed E-state index contributed by atoms with van der Waals surface area (Å²) in [5, 5.41) is 12.7. The zero-order valence-corrected chi connectivity index (χ0v) is 14.0. The summed E-state index contributed by atoms with van der Waals surface area (Å²) >= 11 is 0. The first kappa shape index (κ1) is 16.0. The number of nitrogens with one attached hydrogen (secondary N) is 1. The van der Waals surface area contributed by atoms with E-state index in [1.807, 2.05) is 12.1 Å². The van der Waals surface area contributed by atoms with Crippen molar-refractivity contribution >= 4 is 5.91 Å². The van der Waals surface area contributed by atoms with Gasteiger partial charge in [0.15, 0.2) is 5.76 Å². The van der Waals surface area contributed by atoms with E-state index in [0.29, 0.717) is 25.4 Å². The number of aliphatic hydroxyl groups excluding tert-OH is 1. The van der Waals surface area contributed by atoms with Crippen LogP contribution in [-0.4, -0.2) is 30.8 Å². The number of fused-ring (bicyclic) bond motifs is 1. The molecule has 1 aliphatic carbocycles. The van der Waals surface area contributed by atoms with Crippen molar-refractivity contribution in [3.8, 4) is 11.7 Å². The molecule has 0 spiro atoms. The summed E-state index contributed by atoms with van der Waals surface area (Å²) in [6.45, 7) is 0.699. The molecule has 1 aromatic carbocycles. The SMILES string of the molecule is COc1ccc(C(=O)N[C@@H](c2ccc3c(c2)CCO3)C2CC(O)C2)o1. The zero-order chi connectivity index (χ0) is 17.4. The second-order valence-electron chi connectivity index (χ2n) is 6.62. The Hall–Kier alpha value is -2.47. The highest BCUT2D eigenvalue weighted by molar-refractivity contribution is 5.91. The Balaban J connectivity index is 1.57. The molecule has 2 aromatic rings. The molecule has 2 aliphatic rings. The molecular weight excluding hydrogens is 322 g/mol. The van der Waals surface area contributed by atoms with Crippen molar-refractivity contribution in [2.45, 2.75) is 31.4 Å². The van der Waals surface area contributed by atoms with E-state index in [0.717, 1.165) is 23.3 Å². The molecule has 2 N–H and O–H groups in total. The average molecular weight is 343 g/mol. The molecule has 1 aliphatic heterocycles. The second kappa shape index (κ2) is 6.44. The molecule has 132 valence electrons. The first-order valence-corrected chi connectivity index (χ1v) is 8.52. The molecule has 0 saturated heterocycles. The number of amides is 1. The molecule has 1 fully saturated rings. The van der Waals surface area contributed by atoms with Crippen LogP contribution in [0.2, 0.25) is 0 Å². The van der Waals surface area contributed by atoms with E-state index < -0.39 is 0 Å². The fourth-order valence-electron chi connectivity index (χ4n) is 3.54. The summed E-state index contributed by atoms with van der Waals surface area (Å²) in [6.07, 6.45) is 1.96. The maximum absolute atomic E-state index is 12.6. The van der Waals surface area contributed by atoms with Crippen LogP contribution in [0.3, 0.4) is 0 Å². The van der Waals surface area contributed by atoms with Crippen molar-refractivity contribution in [2.75, 3.05) is 13.7 Å².